The summed E-state index contributed by atoms with van der Waals surface area (Å²) in [4.78, 5) is 0. The van der Waals surface area contributed by atoms with Crippen LogP contribution in [0.1, 0.15) is 50.3 Å². The molecule has 4 unspecified atom stereocenters. The van der Waals surface area contributed by atoms with Gasteiger partial charge in [-0.2, -0.15) is 11.3 Å². The van der Waals surface area contributed by atoms with Gasteiger partial charge >= 0.3 is 0 Å². The molecule has 0 aliphatic heterocycles. The van der Waals surface area contributed by atoms with Gasteiger partial charge in [-0.05, 0) is 59.4 Å². The minimum Gasteiger partial charge on any atom is -0.388 e. The molecular formula is C14H22OS. The second kappa shape index (κ2) is 4.89. The number of thiophene rings is 1. The van der Waals surface area contributed by atoms with E-state index < -0.39 is 0 Å². The fourth-order valence-electron chi connectivity index (χ4n) is 2.80. The highest BCUT2D eigenvalue weighted by Crippen LogP contribution is 2.40. The maximum atomic E-state index is 10.4. The summed E-state index contributed by atoms with van der Waals surface area (Å²) in [5.41, 5.74) is 2.42. The first kappa shape index (κ1) is 12.1. The van der Waals surface area contributed by atoms with Crippen LogP contribution in [0.4, 0.5) is 0 Å². The Morgan fingerprint density at radius 3 is 2.56 bits per heavy atom. The maximum Gasteiger partial charge on any atom is 0.0828 e. The van der Waals surface area contributed by atoms with E-state index in [-0.39, 0.29) is 6.10 Å². The number of rotatable bonds is 2. The molecule has 0 aromatic carbocycles. The standard InChI is InChI=1S/C14H22OS/c1-9-4-5-12(6-10(9)2)14(15)13-8-16-7-11(13)3/h7-10,12,14-15H,4-6H2,1-3H3. The zero-order valence-electron chi connectivity index (χ0n) is 10.4. The molecule has 1 heterocycles. The van der Waals surface area contributed by atoms with Gasteiger partial charge < -0.3 is 5.11 Å². The molecule has 1 aromatic rings. The van der Waals surface area contributed by atoms with E-state index >= 15 is 0 Å². The van der Waals surface area contributed by atoms with Crippen molar-refractivity contribution < 1.29 is 5.11 Å². The van der Waals surface area contributed by atoms with Crippen molar-refractivity contribution in [2.75, 3.05) is 0 Å². The zero-order chi connectivity index (χ0) is 11.7. The molecule has 1 aliphatic rings. The number of aliphatic hydroxyl groups is 1. The molecule has 1 N–H and O–H groups in total. The highest BCUT2D eigenvalue weighted by molar-refractivity contribution is 7.08. The third-order valence-corrected chi connectivity index (χ3v) is 5.18. The summed E-state index contributed by atoms with van der Waals surface area (Å²) < 4.78 is 0. The lowest BCUT2D eigenvalue weighted by Gasteiger charge is -2.34. The van der Waals surface area contributed by atoms with Gasteiger partial charge in [-0.1, -0.05) is 20.3 Å². The Labute approximate surface area is 103 Å². The molecule has 1 fully saturated rings. The van der Waals surface area contributed by atoms with Crippen LogP contribution in [-0.4, -0.2) is 5.11 Å². The van der Waals surface area contributed by atoms with Crippen molar-refractivity contribution in [2.45, 2.75) is 46.1 Å². The average Bonchev–Trinajstić information content (AvgIpc) is 2.67. The lowest BCUT2D eigenvalue weighted by atomic mass is 9.73. The molecule has 2 heteroatoms. The molecule has 0 amide bonds. The van der Waals surface area contributed by atoms with E-state index in [2.05, 4.69) is 31.5 Å². The highest BCUT2D eigenvalue weighted by atomic mass is 32.1. The molecule has 1 aliphatic carbocycles. The Balaban J connectivity index is 2.06. The third kappa shape index (κ3) is 2.33. The van der Waals surface area contributed by atoms with Gasteiger partial charge in [0.2, 0.25) is 0 Å². The molecule has 1 aromatic heterocycles. The van der Waals surface area contributed by atoms with Gasteiger partial charge in [0.05, 0.1) is 6.10 Å². The van der Waals surface area contributed by atoms with E-state index in [1.165, 1.54) is 24.8 Å². The van der Waals surface area contributed by atoms with Gasteiger partial charge in [-0.3, -0.25) is 0 Å². The quantitative estimate of drug-likeness (QED) is 0.820. The fraction of sp³-hybridized carbons (Fsp3) is 0.714. The van der Waals surface area contributed by atoms with E-state index in [0.29, 0.717) is 5.92 Å². The first-order valence-corrected chi connectivity index (χ1v) is 7.24. The van der Waals surface area contributed by atoms with Crippen LogP contribution in [0.5, 0.6) is 0 Å². The topological polar surface area (TPSA) is 20.2 Å². The number of hydrogen-bond donors (Lipinski definition) is 1. The lowest BCUT2D eigenvalue weighted by molar-refractivity contribution is 0.0560. The number of aliphatic hydroxyl groups excluding tert-OH is 1. The van der Waals surface area contributed by atoms with Crippen LogP contribution in [0.2, 0.25) is 0 Å². The summed E-state index contributed by atoms with van der Waals surface area (Å²) in [5.74, 6) is 2.05. The van der Waals surface area contributed by atoms with Crippen molar-refractivity contribution in [2.24, 2.45) is 17.8 Å². The van der Waals surface area contributed by atoms with Crippen molar-refractivity contribution in [1.29, 1.82) is 0 Å². The van der Waals surface area contributed by atoms with Gasteiger partial charge in [0.1, 0.15) is 0 Å². The second-order valence-electron chi connectivity index (χ2n) is 5.48. The molecular weight excluding hydrogens is 216 g/mol. The minimum atomic E-state index is -0.235. The van der Waals surface area contributed by atoms with Gasteiger partial charge in [-0.25, -0.2) is 0 Å². The molecule has 1 nitrogen and oxygen atoms in total. The van der Waals surface area contributed by atoms with Crippen LogP contribution in [0.15, 0.2) is 10.8 Å². The van der Waals surface area contributed by atoms with Crippen molar-refractivity contribution in [1.82, 2.24) is 0 Å². The summed E-state index contributed by atoms with van der Waals surface area (Å²) in [6.07, 6.45) is 3.40. The van der Waals surface area contributed by atoms with E-state index in [1.807, 2.05) is 0 Å². The molecule has 16 heavy (non-hydrogen) atoms. The molecule has 0 radical (unpaired) electrons. The molecule has 1 saturated carbocycles. The van der Waals surface area contributed by atoms with E-state index in [9.17, 15) is 5.11 Å². The van der Waals surface area contributed by atoms with Crippen LogP contribution in [0, 0.1) is 24.7 Å². The van der Waals surface area contributed by atoms with Crippen LogP contribution < -0.4 is 0 Å². The average molecular weight is 238 g/mol. The third-order valence-electron chi connectivity index (χ3n) is 4.30. The summed E-state index contributed by atoms with van der Waals surface area (Å²) in [6, 6.07) is 0. The summed E-state index contributed by atoms with van der Waals surface area (Å²) >= 11 is 1.70. The Kier molecular flexibility index (Phi) is 3.70. The first-order valence-electron chi connectivity index (χ1n) is 6.30. The van der Waals surface area contributed by atoms with Gasteiger partial charge in [0.25, 0.3) is 0 Å². The molecule has 90 valence electrons. The molecule has 2 rings (SSSR count). The van der Waals surface area contributed by atoms with Crippen molar-refractivity contribution >= 4 is 11.3 Å². The molecule has 4 atom stereocenters. The monoisotopic (exact) mass is 238 g/mol. The summed E-state index contributed by atoms with van der Waals surface area (Å²) in [7, 11) is 0. The van der Waals surface area contributed by atoms with Crippen molar-refractivity contribution in [3.8, 4) is 0 Å². The largest absolute Gasteiger partial charge is 0.388 e. The van der Waals surface area contributed by atoms with Gasteiger partial charge in [0, 0.05) is 0 Å². The van der Waals surface area contributed by atoms with Crippen molar-refractivity contribution in [3.05, 3.63) is 21.9 Å². The van der Waals surface area contributed by atoms with Gasteiger partial charge in [0.15, 0.2) is 0 Å². The minimum absolute atomic E-state index is 0.235. The predicted octanol–water partition coefficient (Wildman–Crippen LogP) is 4.16. The fourth-order valence-corrected chi connectivity index (χ4v) is 3.68. The maximum absolute atomic E-state index is 10.4. The predicted molar refractivity (Wildman–Crippen MR) is 69.7 cm³/mol. The normalized spacial score (nSPS) is 32.6. The Morgan fingerprint density at radius 2 is 2.00 bits per heavy atom. The zero-order valence-corrected chi connectivity index (χ0v) is 11.3. The van der Waals surface area contributed by atoms with E-state index in [0.717, 1.165) is 17.4 Å². The number of aryl methyl sites for hydroxylation is 1. The van der Waals surface area contributed by atoms with Gasteiger partial charge in [-0.15, -0.1) is 0 Å². The first-order chi connectivity index (χ1) is 7.59. The molecule has 0 saturated heterocycles. The molecule has 0 bridgehead atoms. The summed E-state index contributed by atoms with van der Waals surface area (Å²) in [6.45, 7) is 6.76. The van der Waals surface area contributed by atoms with E-state index in [1.54, 1.807) is 11.3 Å². The Morgan fingerprint density at radius 1 is 1.25 bits per heavy atom. The van der Waals surface area contributed by atoms with Crippen molar-refractivity contribution in [3.63, 3.8) is 0 Å². The summed E-state index contributed by atoms with van der Waals surface area (Å²) in [5, 5.41) is 14.7. The van der Waals surface area contributed by atoms with Crippen LogP contribution in [-0.2, 0) is 0 Å². The SMILES string of the molecule is Cc1cscc1C(O)C1CCC(C)C(C)C1. The smallest absolute Gasteiger partial charge is 0.0828 e. The highest BCUT2D eigenvalue weighted by Gasteiger charge is 2.30. The van der Waals surface area contributed by atoms with Crippen LogP contribution >= 0.6 is 11.3 Å². The van der Waals surface area contributed by atoms with Crippen LogP contribution in [0.25, 0.3) is 0 Å². The van der Waals surface area contributed by atoms with E-state index in [4.69, 9.17) is 0 Å². The number of hydrogen-bond acceptors (Lipinski definition) is 2. The van der Waals surface area contributed by atoms with Crippen LogP contribution in [0.3, 0.4) is 0 Å². The Hall–Kier alpha value is -0.340. The second-order valence-corrected chi connectivity index (χ2v) is 6.23. The lowest BCUT2D eigenvalue weighted by Crippen LogP contribution is -2.25. The Bertz CT molecular complexity index is 344. The molecule has 0 spiro atoms.